The Morgan fingerprint density at radius 3 is 2.71 bits per heavy atom. The van der Waals surface area contributed by atoms with Crippen LogP contribution in [0.2, 0.25) is 0 Å². The summed E-state index contributed by atoms with van der Waals surface area (Å²) >= 11 is 0. The summed E-state index contributed by atoms with van der Waals surface area (Å²) in [7, 11) is -3.61. The van der Waals surface area contributed by atoms with Crippen LogP contribution in [0.5, 0.6) is 11.5 Å². The Balaban J connectivity index is 1.39. The summed E-state index contributed by atoms with van der Waals surface area (Å²) in [6, 6.07) is 12.0. The first-order chi connectivity index (χ1) is 14.9. The average molecular weight is 445 g/mol. The fourth-order valence-electron chi connectivity index (χ4n) is 4.03. The minimum Gasteiger partial charge on any atom is -0.486 e. The third-order valence-electron chi connectivity index (χ3n) is 5.75. The number of benzene rings is 2. The number of fused-ring (bicyclic) bond motifs is 1. The lowest BCUT2D eigenvalue weighted by atomic mass is 10.1. The maximum atomic E-state index is 13.1. The van der Waals surface area contributed by atoms with Gasteiger partial charge in [0.1, 0.15) is 13.2 Å². The maximum absolute atomic E-state index is 13.1. The van der Waals surface area contributed by atoms with Crippen LogP contribution < -0.4 is 14.8 Å². The molecule has 0 saturated carbocycles. The van der Waals surface area contributed by atoms with Crippen LogP contribution in [0.3, 0.4) is 0 Å². The zero-order valence-electron chi connectivity index (χ0n) is 17.7. The standard InChI is InChI=1S/C23H28N2O5S/c1-17-5-2-3-12-25(17)31(27,28)20-7-4-6-19(16-20)23(26)24-11-10-18-8-9-21-22(15-18)30-14-13-29-21/h4,6-9,15-17H,2-3,5,10-14H2,1H3,(H,24,26)/t17-/m1/s1. The zero-order valence-corrected chi connectivity index (χ0v) is 18.5. The van der Waals surface area contributed by atoms with E-state index in [2.05, 4.69) is 5.32 Å². The molecule has 7 nitrogen and oxygen atoms in total. The number of amides is 1. The number of nitrogens with one attached hydrogen (secondary N) is 1. The number of hydrogen-bond acceptors (Lipinski definition) is 5. The molecule has 0 bridgehead atoms. The topological polar surface area (TPSA) is 84.9 Å². The third-order valence-corrected chi connectivity index (χ3v) is 7.76. The van der Waals surface area contributed by atoms with Crippen LogP contribution in [-0.2, 0) is 16.4 Å². The molecule has 8 heteroatoms. The number of carbonyl (C=O) groups excluding carboxylic acids is 1. The highest BCUT2D eigenvalue weighted by Crippen LogP contribution is 2.31. The molecule has 2 heterocycles. The molecule has 1 saturated heterocycles. The molecule has 0 aromatic heterocycles. The van der Waals surface area contributed by atoms with Gasteiger partial charge in [0.2, 0.25) is 10.0 Å². The smallest absolute Gasteiger partial charge is 0.251 e. The van der Waals surface area contributed by atoms with E-state index in [0.717, 1.165) is 36.3 Å². The molecule has 0 aliphatic carbocycles. The largest absolute Gasteiger partial charge is 0.486 e. The molecule has 4 rings (SSSR count). The number of carbonyl (C=O) groups is 1. The monoisotopic (exact) mass is 444 g/mol. The van der Waals surface area contributed by atoms with E-state index < -0.39 is 10.0 Å². The summed E-state index contributed by atoms with van der Waals surface area (Å²) < 4.78 is 38.8. The Labute approximate surface area is 183 Å². The maximum Gasteiger partial charge on any atom is 0.251 e. The van der Waals surface area contributed by atoms with Crippen molar-refractivity contribution in [2.75, 3.05) is 26.3 Å². The second kappa shape index (κ2) is 9.28. The molecule has 0 spiro atoms. The van der Waals surface area contributed by atoms with Gasteiger partial charge in [0, 0.05) is 24.7 Å². The fourth-order valence-corrected chi connectivity index (χ4v) is 5.77. The number of nitrogens with zero attached hydrogens (tertiary/aromatic N) is 1. The van der Waals surface area contributed by atoms with Crippen molar-refractivity contribution in [1.82, 2.24) is 9.62 Å². The van der Waals surface area contributed by atoms with Crippen molar-refractivity contribution in [2.45, 2.75) is 43.5 Å². The van der Waals surface area contributed by atoms with Gasteiger partial charge in [-0.3, -0.25) is 4.79 Å². The van der Waals surface area contributed by atoms with Crippen LogP contribution >= 0.6 is 0 Å². The van der Waals surface area contributed by atoms with Crippen molar-refractivity contribution in [1.29, 1.82) is 0 Å². The van der Waals surface area contributed by atoms with Gasteiger partial charge in [-0.25, -0.2) is 8.42 Å². The summed E-state index contributed by atoms with van der Waals surface area (Å²) in [5, 5.41) is 2.88. The van der Waals surface area contributed by atoms with Crippen molar-refractivity contribution in [3.05, 3.63) is 53.6 Å². The third kappa shape index (κ3) is 4.85. The number of sulfonamides is 1. The molecule has 0 unspecified atom stereocenters. The van der Waals surface area contributed by atoms with Crippen LogP contribution in [0.15, 0.2) is 47.4 Å². The van der Waals surface area contributed by atoms with E-state index in [-0.39, 0.29) is 16.8 Å². The second-order valence-corrected chi connectivity index (χ2v) is 9.86. The van der Waals surface area contributed by atoms with Crippen molar-refractivity contribution in [2.24, 2.45) is 0 Å². The van der Waals surface area contributed by atoms with Crippen molar-refractivity contribution >= 4 is 15.9 Å². The highest BCUT2D eigenvalue weighted by Gasteiger charge is 2.31. The Morgan fingerprint density at radius 2 is 1.90 bits per heavy atom. The Hall–Kier alpha value is -2.58. The molecule has 1 N–H and O–H groups in total. The molecule has 2 aliphatic rings. The van der Waals surface area contributed by atoms with Gasteiger partial charge in [-0.2, -0.15) is 4.31 Å². The van der Waals surface area contributed by atoms with Crippen LogP contribution in [0.25, 0.3) is 0 Å². The van der Waals surface area contributed by atoms with Crippen LogP contribution in [0.1, 0.15) is 42.1 Å². The lowest BCUT2D eigenvalue weighted by molar-refractivity contribution is 0.0954. The SMILES string of the molecule is C[C@@H]1CCCCN1S(=O)(=O)c1cccc(C(=O)NCCc2ccc3c(c2)OCCO3)c1. The first-order valence-corrected chi connectivity index (χ1v) is 12.2. The number of piperidine rings is 1. The zero-order chi connectivity index (χ0) is 21.8. The van der Waals surface area contributed by atoms with Gasteiger partial charge in [-0.1, -0.05) is 18.6 Å². The summed E-state index contributed by atoms with van der Waals surface area (Å²) in [5.41, 5.74) is 1.37. The summed E-state index contributed by atoms with van der Waals surface area (Å²) in [6.45, 7) is 3.97. The lowest BCUT2D eigenvalue weighted by Gasteiger charge is -2.32. The molecule has 0 radical (unpaired) electrons. The highest BCUT2D eigenvalue weighted by molar-refractivity contribution is 7.89. The molecule has 2 aromatic rings. The van der Waals surface area contributed by atoms with E-state index in [1.807, 2.05) is 25.1 Å². The first kappa shape index (κ1) is 21.6. The summed E-state index contributed by atoms with van der Waals surface area (Å²) in [5.74, 6) is 1.17. The minimum absolute atomic E-state index is 0.0257. The summed E-state index contributed by atoms with van der Waals surface area (Å²) in [6.07, 6.45) is 3.40. The van der Waals surface area contributed by atoms with Gasteiger partial charge >= 0.3 is 0 Å². The van der Waals surface area contributed by atoms with Gasteiger partial charge in [0.25, 0.3) is 5.91 Å². The fraction of sp³-hybridized carbons (Fsp3) is 0.435. The molecule has 166 valence electrons. The Bertz CT molecular complexity index is 1050. The van der Waals surface area contributed by atoms with E-state index in [1.165, 1.54) is 6.07 Å². The van der Waals surface area contributed by atoms with Gasteiger partial charge < -0.3 is 14.8 Å². The Kier molecular flexibility index (Phi) is 6.48. The van der Waals surface area contributed by atoms with Gasteiger partial charge in [0.05, 0.1) is 4.90 Å². The number of hydrogen-bond donors (Lipinski definition) is 1. The van der Waals surface area contributed by atoms with E-state index in [4.69, 9.17) is 9.47 Å². The van der Waals surface area contributed by atoms with E-state index in [1.54, 1.807) is 22.5 Å². The van der Waals surface area contributed by atoms with Crippen molar-refractivity contribution in [3.8, 4) is 11.5 Å². The molecule has 1 amide bonds. The van der Waals surface area contributed by atoms with Crippen LogP contribution in [0.4, 0.5) is 0 Å². The number of rotatable bonds is 6. The number of ether oxygens (including phenoxy) is 2. The minimum atomic E-state index is -3.61. The van der Waals surface area contributed by atoms with Crippen LogP contribution in [0, 0.1) is 0 Å². The van der Waals surface area contributed by atoms with E-state index in [0.29, 0.717) is 38.3 Å². The normalized spacial score (nSPS) is 19.1. The molecule has 1 atom stereocenters. The summed E-state index contributed by atoms with van der Waals surface area (Å²) in [4.78, 5) is 12.8. The second-order valence-electron chi connectivity index (χ2n) is 7.97. The van der Waals surface area contributed by atoms with Crippen molar-refractivity contribution in [3.63, 3.8) is 0 Å². The Morgan fingerprint density at radius 1 is 1.10 bits per heavy atom. The predicted octanol–water partition coefficient (Wildman–Crippen LogP) is 2.99. The molecular weight excluding hydrogens is 416 g/mol. The molecule has 2 aliphatic heterocycles. The van der Waals surface area contributed by atoms with Gasteiger partial charge in [0.15, 0.2) is 11.5 Å². The quantitative estimate of drug-likeness (QED) is 0.740. The van der Waals surface area contributed by atoms with Crippen LogP contribution in [-0.4, -0.2) is 51.0 Å². The van der Waals surface area contributed by atoms with Gasteiger partial charge in [-0.15, -0.1) is 0 Å². The molecule has 2 aromatic carbocycles. The lowest BCUT2D eigenvalue weighted by Crippen LogP contribution is -2.42. The highest BCUT2D eigenvalue weighted by atomic mass is 32.2. The van der Waals surface area contributed by atoms with Gasteiger partial charge in [-0.05, 0) is 62.1 Å². The first-order valence-electron chi connectivity index (χ1n) is 10.7. The van der Waals surface area contributed by atoms with Crippen molar-refractivity contribution < 1.29 is 22.7 Å². The molecule has 31 heavy (non-hydrogen) atoms. The van der Waals surface area contributed by atoms with E-state index >= 15 is 0 Å². The molecule has 1 fully saturated rings. The van der Waals surface area contributed by atoms with E-state index in [9.17, 15) is 13.2 Å². The predicted molar refractivity (Wildman–Crippen MR) is 117 cm³/mol. The average Bonchev–Trinajstić information content (AvgIpc) is 2.79. The molecular formula is C23H28N2O5S.